The molecule has 2 atom stereocenters. The minimum Gasteiger partial charge on any atom is -0.497 e. The number of benzene rings is 2. The number of sulfonamides is 1. The van der Waals surface area contributed by atoms with Gasteiger partial charge in [0.25, 0.3) is 5.91 Å². The fraction of sp³-hybridized carbons (Fsp3) is 0.381. The average Bonchev–Trinajstić information content (AvgIpc) is 2.72. The fourth-order valence-corrected chi connectivity index (χ4v) is 4.99. The predicted molar refractivity (Wildman–Crippen MR) is 113 cm³/mol. The quantitative estimate of drug-likeness (QED) is 0.751. The third kappa shape index (κ3) is 4.92. The van der Waals surface area contributed by atoms with E-state index >= 15 is 0 Å². The SMILES string of the molecule is COc1cc(NC(=O)c2cccc(S(=O)(=O)N3C[C@H](C)O[C@@H](C)C3)c2)cc(OC)c1. The van der Waals surface area contributed by atoms with Crippen LogP contribution in [-0.2, 0) is 14.8 Å². The Morgan fingerprint density at radius 2 is 1.63 bits per heavy atom. The summed E-state index contributed by atoms with van der Waals surface area (Å²) >= 11 is 0. The van der Waals surface area contributed by atoms with Crippen molar-refractivity contribution in [1.29, 1.82) is 0 Å². The molecule has 1 fully saturated rings. The number of nitrogens with one attached hydrogen (secondary N) is 1. The van der Waals surface area contributed by atoms with Crippen LogP contribution in [0.4, 0.5) is 5.69 Å². The molecular formula is C21H26N2O6S. The largest absolute Gasteiger partial charge is 0.497 e. The lowest BCUT2D eigenvalue weighted by atomic mass is 10.2. The summed E-state index contributed by atoms with van der Waals surface area (Å²) in [6.07, 6.45) is -0.393. The zero-order valence-electron chi connectivity index (χ0n) is 17.4. The summed E-state index contributed by atoms with van der Waals surface area (Å²) in [5, 5.41) is 2.75. The number of rotatable bonds is 6. The number of carbonyl (C=O) groups excluding carboxylic acids is 1. The van der Waals surface area contributed by atoms with Crippen molar-refractivity contribution in [2.45, 2.75) is 31.0 Å². The van der Waals surface area contributed by atoms with E-state index in [1.165, 1.54) is 30.7 Å². The molecule has 1 aliphatic heterocycles. The van der Waals surface area contributed by atoms with Crippen molar-refractivity contribution in [3.63, 3.8) is 0 Å². The topological polar surface area (TPSA) is 94.2 Å². The van der Waals surface area contributed by atoms with Crippen LogP contribution in [0, 0.1) is 0 Å². The maximum absolute atomic E-state index is 13.1. The molecule has 2 aromatic carbocycles. The molecule has 1 heterocycles. The molecule has 1 saturated heterocycles. The minimum absolute atomic E-state index is 0.0691. The third-order valence-corrected chi connectivity index (χ3v) is 6.56. The Morgan fingerprint density at radius 1 is 1.03 bits per heavy atom. The molecule has 1 aliphatic rings. The smallest absolute Gasteiger partial charge is 0.255 e. The van der Waals surface area contributed by atoms with Crippen molar-refractivity contribution in [1.82, 2.24) is 4.31 Å². The van der Waals surface area contributed by atoms with E-state index < -0.39 is 15.9 Å². The van der Waals surface area contributed by atoms with Crippen LogP contribution < -0.4 is 14.8 Å². The number of methoxy groups -OCH3 is 2. The van der Waals surface area contributed by atoms with Crippen molar-refractivity contribution < 1.29 is 27.4 Å². The Bertz CT molecular complexity index is 992. The van der Waals surface area contributed by atoms with Crippen molar-refractivity contribution >= 4 is 21.6 Å². The van der Waals surface area contributed by atoms with Crippen LogP contribution in [0.1, 0.15) is 24.2 Å². The first-order valence-corrected chi connectivity index (χ1v) is 11.0. The molecule has 0 saturated carbocycles. The summed E-state index contributed by atoms with van der Waals surface area (Å²) in [6.45, 7) is 4.22. The predicted octanol–water partition coefficient (Wildman–Crippen LogP) is 2.75. The second-order valence-corrected chi connectivity index (χ2v) is 9.10. The van der Waals surface area contributed by atoms with Gasteiger partial charge in [0.15, 0.2) is 0 Å². The second-order valence-electron chi connectivity index (χ2n) is 7.16. The highest BCUT2D eigenvalue weighted by Gasteiger charge is 2.32. The average molecular weight is 435 g/mol. The first kappa shape index (κ1) is 22.1. The molecule has 1 amide bonds. The molecule has 0 radical (unpaired) electrons. The molecule has 30 heavy (non-hydrogen) atoms. The number of morpholine rings is 1. The molecule has 0 unspecified atom stereocenters. The van der Waals surface area contributed by atoms with Crippen LogP contribution in [0.3, 0.4) is 0 Å². The van der Waals surface area contributed by atoms with E-state index in [0.29, 0.717) is 17.2 Å². The summed E-state index contributed by atoms with van der Waals surface area (Å²) < 4.78 is 43.6. The summed E-state index contributed by atoms with van der Waals surface area (Å²) in [7, 11) is -0.713. The van der Waals surface area contributed by atoms with Gasteiger partial charge in [0, 0.05) is 42.5 Å². The molecule has 1 N–H and O–H groups in total. The standard InChI is InChI=1S/C21H26N2O6S/c1-14-12-23(13-15(2)29-14)30(25,26)20-7-5-6-16(8-20)21(24)22-17-9-18(27-3)11-19(10-17)28-4/h5-11,14-15H,12-13H2,1-4H3,(H,22,24)/t14-,15-/m0/s1. The van der Waals surface area contributed by atoms with Crippen LogP contribution in [0.2, 0.25) is 0 Å². The number of carbonyl (C=O) groups is 1. The number of hydrogen-bond acceptors (Lipinski definition) is 6. The van der Waals surface area contributed by atoms with Gasteiger partial charge in [-0.1, -0.05) is 6.07 Å². The third-order valence-electron chi connectivity index (χ3n) is 4.73. The van der Waals surface area contributed by atoms with E-state index in [9.17, 15) is 13.2 Å². The van der Waals surface area contributed by atoms with Gasteiger partial charge in [0.2, 0.25) is 10.0 Å². The first-order valence-electron chi connectivity index (χ1n) is 9.53. The molecule has 0 aromatic heterocycles. The lowest BCUT2D eigenvalue weighted by molar-refractivity contribution is -0.0440. The Hall–Kier alpha value is -2.62. The van der Waals surface area contributed by atoms with E-state index in [4.69, 9.17) is 14.2 Å². The highest BCUT2D eigenvalue weighted by atomic mass is 32.2. The van der Waals surface area contributed by atoms with Crippen molar-refractivity contribution in [3.05, 3.63) is 48.0 Å². The monoisotopic (exact) mass is 434 g/mol. The Balaban J connectivity index is 1.84. The summed E-state index contributed by atoms with van der Waals surface area (Å²) in [5.74, 6) is 0.610. The lowest BCUT2D eigenvalue weighted by Gasteiger charge is -2.34. The number of nitrogens with zero attached hydrogens (tertiary/aromatic N) is 1. The molecule has 9 heteroatoms. The molecule has 0 aliphatic carbocycles. The van der Waals surface area contributed by atoms with Crippen molar-refractivity contribution in [2.75, 3.05) is 32.6 Å². The number of hydrogen-bond donors (Lipinski definition) is 1. The van der Waals surface area contributed by atoms with Crippen molar-refractivity contribution in [2.24, 2.45) is 0 Å². The van der Waals surface area contributed by atoms with E-state index in [-0.39, 0.29) is 35.8 Å². The number of amides is 1. The van der Waals surface area contributed by atoms with Crippen LogP contribution >= 0.6 is 0 Å². The van der Waals surface area contributed by atoms with Gasteiger partial charge < -0.3 is 19.5 Å². The molecular weight excluding hydrogens is 408 g/mol. The summed E-state index contributed by atoms with van der Waals surface area (Å²) in [5.41, 5.74) is 0.701. The molecule has 2 aromatic rings. The highest BCUT2D eigenvalue weighted by molar-refractivity contribution is 7.89. The van der Waals surface area contributed by atoms with E-state index in [2.05, 4.69) is 5.32 Å². The molecule has 162 valence electrons. The Labute approximate surface area is 176 Å². The molecule has 3 rings (SSSR count). The number of anilines is 1. The Morgan fingerprint density at radius 3 is 2.20 bits per heavy atom. The van der Waals surface area contributed by atoms with Crippen molar-refractivity contribution in [3.8, 4) is 11.5 Å². The molecule has 0 spiro atoms. The zero-order valence-corrected chi connectivity index (χ0v) is 18.2. The van der Waals surface area contributed by atoms with E-state index in [0.717, 1.165) is 0 Å². The van der Waals surface area contributed by atoms with E-state index in [1.54, 1.807) is 30.3 Å². The van der Waals surface area contributed by atoms with Gasteiger partial charge in [-0.3, -0.25) is 4.79 Å². The second kappa shape index (κ2) is 9.03. The van der Waals surface area contributed by atoms with Gasteiger partial charge in [-0.25, -0.2) is 8.42 Å². The van der Waals surface area contributed by atoms with Crippen LogP contribution in [0.25, 0.3) is 0 Å². The van der Waals surface area contributed by atoms with E-state index in [1.807, 2.05) is 13.8 Å². The molecule has 0 bridgehead atoms. The zero-order chi connectivity index (χ0) is 21.9. The first-order chi connectivity index (χ1) is 14.2. The van der Waals surface area contributed by atoms with Gasteiger partial charge in [0.05, 0.1) is 31.3 Å². The minimum atomic E-state index is -3.74. The van der Waals surface area contributed by atoms with Gasteiger partial charge >= 0.3 is 0 Å². The van der Waals surface area contributed by atoms with Crippen LogP contribution in [0.5, 0.6) is 11.5 Å². The maximum Gasteiger partial charge on any atom is 0.255 e. The molecule has 8 nitrogen and oxygen atoms in total. The fourth-order valence-electron chi connectivity index (χ4n) is 3.36. The van der Waals surface area contributed by atoms with Gasteiger partial charge in [-0.15, -0.1) is 0 Å². The lowest BCUT2D eigenvalue weighted by Crippen LogP contribution is -2.48. The maximum atomic E-state index is 13.1. The number of ether oxygens (including phenoxy) is 3. The Kier molecular flexibility index (Phi) is 6.64. The van der Waals surface area contributed by atoms with Crippen LogP contribution in [-0.4, -0.2) is 58.1 Å². The van der Waals surface area contributed by atoms with Gasteiger partial charge in [-0.2, -0.15) is 4.31 Å². The van der Waals surface area contributed by atoms with Crippen LogP contribution in [0.15, 0.2) is 47.4 Å². The highest BCUT2D eigenvalue weighted by Crippen LogP contribution is 2.27. The summed E-state index contributed by atoms with van der Waals surface area (Å²) in [4.78, 5) is 12.8. The summed E-state index contributed by atoms with van der Waals surface area (Å²) in [6, 6.07) is 11.0. The normalized spacial score (nSPS) is 19.9. The van der Waals surface area contributed by atoms with Gasteiger partial charge in [-0.05, 0) is 32.0 Å². The van der Waals surface area contributed by atoms with Gasteiger partial charge in [0.1, 0.15) is 11.5 Å².